The first-order valence-corrected chi connectivity index (χ1v) is 11.4. The van der Waals surface area contributed by atoms with Gasteiger partial charge in [-0.3, -0.25) is 0 Å². The van der Waals surface area contributed by atoms with Gasteiger partial charge in [-0.25, -0.2) is 4.98 Å². The lowest BCUT2D eigenvalue weighted by Gasteiger charge is -2.29. The average Bonchev–Trinajstić information content (AvgIpc) is 3.20. The van der Waals surface area contributed by atoms with E-state index in [9.17, 15) is 0 Å². The summed E-state index contributed by atoms with van der Waals surface area (Å²) >= 11 is 18.7. The number of hydrogen-bond acceptors (Lipinski definition) is 5. The molecule has 0 spiro atoms. The van der Waals surface area contributed by atoms with Crippen molar-refractivity contribution in [2.75, 3.05) is 29.9 Å². The summed E-state index contributed by atoms with van der Waals surface area (Å²) in [5.74, 6) is 2.00. The molecule has 29 heavy (non-hydrogen) atoms. The van der Waals surface area contributed by atoms with E-state index in [1.54, 1.807) is 12.3 Å². The first kappa shape index (κ1) is 21.0. The van der Waals surface area contributed by atoms with Gasteiger partial charge in [0.15, 0.2) is 5.82 Å². The van der Waals surface area contributed by atoms with Crippen molar-refractivity contribution in [3.05, 3.63) is 45.0 Å². The molecule has 5 nitrogen and oxygen atoms in total. The van der Waals surface area contributed by atoms with Gasteiger partial charge in [-0.05, 0) is 56.3 Å². The fourth-order valence-corrected chi connectivity index (χ4v) is 5.04. The summed E-state index contributed by atoms with van der Waals surface area (Å²) in [6, 6.07) is 6.04. The van der Waals surface area contributed by atoms with Crippen molar-refractivity contribution < 1.29 is 0 Å². The molecule has 0 radical (unpaired) electrons. The Bertz CT molecular complexity index is 856. The van der Waals surface area contributed by atoms with E-state index in [4.69, 9.17) is 39.8 Å². The van der Waals surface area contributed by atoms with Gasteiger partial charge in [0, 0.05) is 29.2 Å². The van der Waals surface area contributed by atoms with Gasteiger partial charge in [0.2, 0.25) is 5.95 Å². The standard InChI is InChI=1S/C21H26Cl3N5/c1-13(16-6-5-15(22)10-17(16)23)27-20-18(24)11-26-21(28-20)29-9-7-14(12-29)19-4-2-3-8-25-19/h5-6,10-11,13-14,19,25H,2-4,7-9,12H2,1H3,(H,26,27,28). The number of rotatable bonds is 5. The number of benzene rings is 1. The molecule has 2 saturated heterocycles. The van der Waals surface area contributed by atoms with Gasteiger partial charge < -0.3 is 15.5 Å². The van der Waals surface area contributed by atoms with Crippen molar-refractivity contribution in [1.29, 1.82) is 0 Å². The van der Waals surface area contributed by atoms with Crippen molar-refractivity contribution >= 4 is 46.6 Å². The Kier molecular flexibility index (Phi) is 6.69. The molecule has 0 aliphatic carbocycles. The molecule has 2 fully saturated rings. The number of aromatic nitrogens is 2. The highest BCUT2D eigenvalue weighted by Gasteiger charge is 2.31. The lowest BCUT2D eigenvalue weighted by atomic mass is 9.91. The minimum Gasteiger partial charge on any atom is -0.362 e. The van der Waals surface area contributed by atoms with Crippen molar-refractivity contribution in [2.24, 2.45) is 5.92 Å². The van der Waals surface area contributed by atoms with Gasteiger partial charge in [0.1, 0.15) is 5.02 Å². The number of anilines is 2. The van der Waals surface area contributed by atoms with E-state index in [-0.39, 0.29) is 6.04 Å². The molecule has 1 aromatic heterocycles. The first-order valence-electron chi connectivity index (χ1n) is 10.2. The third kappa shape index (κ3) is 4.91. The van der Waals surface area contributed by atoms with Crippen LogP contribution in [-0.4, -0.2) is 35.6 Å². The molecule has 2 aromatic rings. The third-order valence-electron chi connectivity index (χ3n) is 5.94. The minimum atomic E-state index is -0.0715. The van der Waals surface area contributed by atoms with E-state index in [0.717, 1.165) is 31.1 Å². The summed E-state index contributed by atoms with van der Waals surface area (Å²) in [7, 11) is 0. The maximum Gasteiger partial charge on any atom is 0.227 e. The molecule has 1 aromatic carbocycles. The Morgan fingerprint density at radius 3 is 2.79 bits per heavy atom. The van der Waals surface area contributed by atoms with Crippen LogP contribution in [0.15, 0.2) is 24.4 Å². The second-order valence-electron chi connectivity index (χ2n) is 7.95. The second kappa shape index (κ2) is 9.25. The van der Waals surface area contributed by atoms with E-state index < -0.39 is 0 Å². The summed E-state index contributed by atoms with van der Waals surface area (Å²) in [4.78, 5) is 11.5. The minimum absolute atomic E-state index is 0.0715. The molecule has 3 atom stereocenters. The Labute approximate surface area is 187 Å². The summed E-state index contributed by atoms with van der Waals surface area (Å²) in [6.45, 7) is 5.12. The zero-order valence-electron chi connectivity index (χ0n) is 16.5. The number of nitrogens with zero attached hydrogens (tertiary/aromatic N) is 3. The Morgan fingerprint density at radius 1 is 1.17 bits per heavy atom. The van der Waals surface area contributed by atoms with Crippen molar-refractivity contribution in [3.63, 3.8) is 0 Å². The van der Waals surface area contributed by atoms with Gasteiger partial charge in [0.05, 0.1) is 12.2 Å². The van der Waals surface area contributed by atoms with E-state index >= 15 is 0 Å². The summed E-state index contributed by atoms with van der Waals surface area (Å²) in [5.41, 5.74) is 0.942. The van der Waals surface area contributed by atoms with Crippen LogP contribution in [0.4, 0.5) is 11.8 Å². The highest BCUT2D eigenvalue weighted by molar-refractivity contribution is 6.35. The van der Waals surface area contributed by atoms with Crippen LogP contribution in [-0.2, 0) is 0 Å². The zero-order chi connectivity index (χ0) is 20.4. The van der Waals surface area contributed by atoms with Crippen LogP contribution in [0.1, 0.15) is 44.2 Å². The maximum atomic E-state index is 6.38. The van der Waals surface area contributed by atoms with E-state index in [1.165, 1.54) is 25.7 Å². The smallest absolute Gasteiger partial charge is 0.227 e. The first-order chi connectivity index (χ1) is 14.0. The quantitative estimate of drug-likeness (QED) is 0.618. The monoisotopic (exact) mass is 453 g/mol. The summed E-state index contributed by atoms with van der Waals surface area (Å²) < 4.78 is 0. The van der Waals surface area contributed by atoms with Gasteiger partial charge in [-0.1, -0.05) is 47.3 Å². The topological polar surface area (TPSA) is 53.1 Å². The highest BCUT2D eigenvalue weighted by atomic mass is 35.5. The van der Waals surface area contributed by atoms with Crippen LogP contribution < -0.4 is 15.5 Å². The predicted octanol–water partition coefficient (Wildman–Crippen LogP) is 5.58. The van der Waals surface area contributed by atoms with E-state index in [0.29, 0.717) is 32.8 Å². The Balaban J connectivity index is 1.46. The van der Waals surface area contributed by atoms with Crippen molar-refractivity contribution in [1.82, 2.24) is 15.3 Å². The molecular weight excluding hydrogens is 429 g/mol. The van der Waals surface area contributed by atoms with Crippen LogP contribution in [0.5, 0.6) is 0 Å². The molecule has 0 amide bonds. The van der Waals surface area contributed by atoms with Crippen LogP contribution in [0.3, 0.4) is 0 Å². The molecule has 156 valence electrons. The number of nitrogens with one attached hydrogen (secondary N) is 2. The molecule has 4 rings (SSSR count). The molecule has 2 aliphatic heterocycles. The Morgan fingerprint density at radius 2 is 2.03 bits per heavy atom. The van der Waals surface area contributed by atoms with E-state index in [1.807, 2.05) is 19.1 Å². The molecule has 3 heterocycles. The summed E-state index contributed by atoms with van der Waals surface area (Å²) in [6.07, 6.45) is 6.73. The SMILES string of the molecule is CC(Nc1nc(N2CCC(C3CCCCN3)C2)ncc1Cl)c1ccc(Cl)cc1Cl. The average molecular weight is 455 g/mol. The van der Waals surface area contributed by atoms with Gasteiger partial charge in [-0.2, -0.15) is 4.98 Å². The van der Waals surface area contributed by atoms with E-state index in [2.05, 4.69) is 20.5 Å². The maximum absolute atomic E-state index is 6.38. The van der Waals surface area contributed by atoms with Crippen LogP contribution in [0.2, 0.25) is 15.1 Å². The van der Waals surface area contributed by atoms with Gasteiger partial charge >= 0.3 is 0 Å². The number of piperidine rings is 1. The van der Waals surface area contributed by atoms with Crippen LogP contribution >= 0.6 is 34.8 Å². The second-order valence-corrected chi connectivity index (χ2v) is 9.20. The van der Waals surface area contributed by atoms with Crippen LogP contribution in [0, 0.1) is 5.92 Å². The molecule has 8 heteroatoms. The normalized spacial score (nSPS) is 23.2. The summed E-state index contributed by atoms with van der Waals surface area (Å²) in [5, 5.41) is 8.79. The fraction of sp³-hybridized carbons (Fsp3) is 0.524. The number of hydrogen-bond donors (Lipinski definition) is 2. The molecule has 3 unspecified atom stereocenters. The highest BCUT2D eigenvalue weighted by Crippen LogP contribution is 2.32. The third-order valence-corrected chi connectivity index (χ3v) is 6.78. The van der Waals surface area contributed by atoms with Crippen molar-refractivity contribution in [2.45, 2.75) is 44.7 Å². The predicted molar refractivity (Wildman–Crippen MR) is 122 cm³/mol. The fourth-order valence-electron chi connectivity index (χ4n) is 4.33. The Hall–Kier alpha value is -1.27. The lowest BCUT2D eigenvalue weighted by molar-refractivity contribution is 0.311. The van der Waals surface area contributed by atoms with Gasteiger partial charge in [-0.15, -0.1) is 0 Å². The molecule has 2 aliphatic rings. The zero-order valence-corrected chi connectivity index (χ0v) is 18.7. The van der Waals surface area contributed by atoms with Gasteiger partial charge in [0.25, 0.3) is 0 Å². The molecule has 0 saturated carbocycles. The molecular formula is C21H26Cl3N5. The molecule has 2 N–H and O–H groups in total. The molecule has 0 bridgehead atoms. The largest absolute Gasteiger partial charge is 0.362 e. The van der Waals surface area contributed by atoms with Crippen LogP contribution in [0.25, 0.3) is 0 Å². The number of halogens is 3. The lowest BCUT2D eigenvalue weighted by Crippen LogP contribution is -2.41. The van der Waals surface area contributed by atoms with Crippen molar-refractivity contribution in [3.8, 4) is 0 Å².